The lowest BCUT2D eigenvalue weighted by molar-refractivity contribution is -0.138. The summed E-state index contributed by atoms with van der Waals surface area (Å²) in [4.78, 5) is 0.699. The number of rotatable bonds is 4. The van der Waals surface area contributed by atoms with Crippen molar-refractivity contribution in [3.05, 3.63) is 56.7 Å². The second kappa shape index (κ2) is 6.16. The van der Waals surface area contributed by atoms with Crippen molar-refractivity contribution >= 4 is 22.9 Å². The highest BCUT2D eigenvalue weighted by molar-refractivity contribution is 7.10. The van der Waals surface area contributed by atoms with Gasteiger partial charge in [0.15, 0.2) is 0 Å². The maximum atomic E-state index is 13.1. The van der Waals surface area contributed by atoms with Gasteiger partial charge in [0, 0.05) is 4.88 Å². The molecule has 0 saturated heterocycles. The summed E-state index contributed by atoms with van der Waals surface area (Å²) in [5, 5.41) is 5.34. The molecule has 0 saturated carbocycles. The van der Waals surface area contributed by atoms with Crippen molar-refractivity contribution in [2.75, 3.05) is 6.54 Å². The number of hydrogen-bond acceptors (Lipinski definition) is 2. The van der Waals surface area contributed by atoms with E-state index in [4.69, 9.17) is 11.6 Å². The molecule has 0 spiro atoms. The molecule has 0 aliphatic rings. The predicted octanol–water partition coefficient (Wildman–Crippen LogP) is 5.12. The van der Waals surface area contributed by atoms with Crippen LogP contribution in [0.5, 0.6) is 0 Å². The van der Waals surface area contributed by atoms with Crippen molar-refractivity contribution < 1.29 is 13.2 Å². The minimum atomic E-state index is -4.38. The van der Waals surface area contributed by atoms with E-state index >= 15 is 0 Å². The smallest absolute Gasteiger partial charge is 0.306 e. The highest BCUT2D eigenvalue weighted by Crippen LogP contribution is 2.39. The zero-order valence-corrected chi connectivity index (χ0v) is 12.2. The molecule has 20 heavy (non-hydrogen) atoms. The molecular formula is C14H13ClF3NS. The molecule has 6 heteroatoms. The van der Waals surface area contributed by atoms with Gasteiger partial charge in [-0.2, -0.15) is 13.2 Å². The fourth-order valence-corrected chi connectivity index (χ4v) is 3.32. The molecule has 0 amide bonds. The maximum Gasteiger partial charge on any atom is 0.416 e. The Hall–Kier alpha value is -1.04. The Morgan fingerprint density at radius 1 is 1.25 bits per heavy atom. The molecular weight excluding hydrogens is 307 g/mol. The van der Waals surface area contributed by atoms with E-state index in [1.54, 1.807) is 17.5 Å². The minimum Gasteiger partial charge on any atom is -0.306 e. The summed E-state index contributed by atoms with van der Waals surface area (Å²) in [6.45, 7) is 2.40. The fourth-order valence-electron chi connectivity index (χ4n) is 2.07. The first-order chi connectivity index (χ1) is 9.45. The highest BCUT2D eigenvalue weighted by Gasteiger charge is 2.35. The molecule has 0 aliphatic heterocycles. The second-order valence-electron chi connectivity index (χ2n) is 4.21. The molecule has 1 aromatic carbocycles. The summed E-state index contributed by atoms with van der Waals surface area (Å²) in [5.41, 5.74) is -0.429. The van der Waals surface area contributed by atoms with Crippen molar-refractivity contribution in [2.45, 2.75) is 19.1 Å². The van der Waals surface area contributed by atoms with Gasteiger partial charge < -0.3 is 5.32 Å². The molecule has 0 fully saturated rings. The topological polar surface area (TPSA) is 12.0 Å². The third kappa shape index (κ3) is 3.16. The van der Waals surface area contributed by atoms with Crippen LogP contribution in [-0.4, -0.2) is 6.54 Å². The van der Waals surface area contributed by atoms with Crippen LogP contribution in [-0.2, 0) is 6.18 Å². The number of thiophene rings is 1. The Kier molecular flexibility index (Phi) is 4.73. The SMILES string of the molecule is CCNC(c1ccccc1C(F)(F)F)c1sccc1Cl. The van der Waals surface area contributed by atoms with E-state index in [-0.39, 0.29) is 5.56 Å². The number of nitrogens with one attached hydrogen (secondary N) is 1. The fraction of sp³-hybridized carbons (Fsp3) is 0.286. The van der Waals surface area contributed by atoms with Gasteiger partial charge in [0.25, 0.3) is 0 Å². The maximum absolute atomic E-state index is 13.1. The molecule has 1 unspecified atom stereocenters. The van der Waals surface area contributed by atoms with E-state index in [1.807, 2.05) is 6.92 Å². The van der Waals surface area contributed by atoms with Crippen LogP contribution in [0.2, 0.25) is 5.02 Å². The Morgan fingerprint density at radius 3 is 2.50 bits per heavy atom. The van der Waals surface area contributed by atoms with E-state index in [0.29, 0.717) is 16.4 Å². The molecule has 2 aromatic rings. The zero-order valence-electron chi connectivity index (χ0n) is 10.7. The first-order valence-electron chi connectivity index (χ1n) is 6.07. The summed E-state index contributed by atoms with van der Waals surface area (Å²) >= 11 is 7.43. The first kappa shape index (κ1) is 15.4. The van der Waals surface area contributed by atoms with Crippen LogP contribution in [0.1, 0.15) is 29.0 Å². The van der Waals surface area contributed by atoms with Crippen LogP contribution in [0.25, 0.3) is 0 Å². The predicted molar refractivity (Wildman–Crippen MR) is 76.3 cm³/mol. The van der Waals surface area contributed by atoms with Gasteiger partial charge in [0.1, 0.15) is 0 Å². The van der Waals surface area contributed by atoms with Crippen LogP contribution in [0.15, 0.2) is 35.7 Å². The Labute approximate surface area is 124 Å². The van der Waals surface area contributed by atoms with Crippen LogP contribution in [0.3, 0.4) is 0 Å². The van der Waals surface area contributed by atoms with Gasteiger partial charge in [0.2, 0.25) is 0 Å². The molecule has 1 aromatic heterocycles. The van der Waals surface area contributed by atoms with Crippen molar-refractivity contribution in [3.63, 3.8) is 0 Å². The van der Waals surface area contributed by atoms with E-state index in [2.05, 4.69) is 5.32 Å². The standard InChI is InChI=1S/C14H13ClF3NS/c1-2-19-12(13-11(15)7-8-20-13)9-5-3-4-6-10(9)14(16,17)18/h3-8,12,19H,2H2,1H3. The molecule has 0 radical (unpaired) electrons. The Bertz CT molecular complexity index is 580. The van der Waals surface area contributed by atoms with E-state index in [0.717, 1.165) is 6.07 Å². The second-order valence-corrected chi connectivity index (χ2v) is 5.56. The molecule has 1 atom stereocenters. The van der Waals surface area contributed by atoms with Gasteiger partial charge in [-0.25, -0.2) is 0 Å². The van der Waals surface area contributed by atoms with Crippen LogP contribution in [0.4, 0.5) is 13.2 Å². The third-order valence-electron chi connectivity index (χ3n) is 2.89. The summed E-state index contributed by atoms with van der Waals surface area (Å²) in [6, 6.07) is 6.74. The Morgan fingerprint density at radius 2 is 1.95 bits per heavy atom. The normalized spacial score (nSPS) is 13.4. The zero-order chi connectivity index (χ0) is 14.8. The molecule has 1 N–H and O–H groups in total. The molecule has 0 aliphatic carbocycles. The average molecular weight is 320 g/mol. The monoisotopic (exact) mass is 319 g/mol. The van der Waals surface area contributed by atoms with Crippen molar-refractivity contribution in [1.29, 1.82) is 0 Å². The minimum absolute atomic E-state index is 0.200. The summed E-state index contributed by atoms with van der Waals surface area (Å²) in [7, 11) is 0. The summed E-state index contributed by atoms with van der Waals surface area (Å²) < 4.78 is 39.4. The van der Waals surface area contributed by atoms with Crippen molar-refractivity contribution in [3.8, 4) is 0 Å². The van der Waals surface area contributed by atoms with Gasteiger partial charge in [-0.15, -0.1) is 11.3 Å². The molecule has 108 valence electrons. The summed E-state index contributed by atoms with van der Waals surface area (Å²) in [6.07, 6.45) is -4.38. The average Bonchev–Trinajstić information content (AvgIpc) is 2.81. The molecule has 1 nitrogen and oxygen atoms in total. The van der Waals surface area contributed by atoms with Gasteiger partial charge in [0.05, 0.1) is 16.6 Å². The number of alkyl halides is 3. The molecule has 0 bridgehead atoms. The quantitative estimate of drug-likeness (QED) is 0.824. The van der Waals surface area contributed by atoms with Crippen molar-refractivity contribution in [1.82, 2.24) is 5.32 Å². The molecule has 2 rings (SSSR count). The van der Waals surface area contributed by atoms with E-state index < -0.39 is 17.8 Å². The summed E-state index contributed by atoms with van der Waals surface area (Å²) in [5.74, 6) is 0. The van der Waals surface area contributed by atoms with Gasteiger partial charge in [-0.05, 0) is 29.6 Å². The van der Waals surface area contributed by atoms with Gasteiger partial charge >= 0.3 is 6.18 Å². The lowest BCUT2D eigenvalue weighted by atomic mass is 9.98. The highest BCUT2D eigenvalue weighted by atomic mass is 35.5. The lowest BCUT2D eigenvalue weighted by Crippen LogP contribution is -2.24. The first-order valence-corrected chi connectivity index (χ1v) is 7.33. The molecule has 1 heterocycles. The van der Waals surface area contributed by atoms with Crippen LogP contribution in [0, 0.1) is 0 Å². The largest absolute Gasteiger partial charge is 0.416 e. The van der Waals surface area contributed by atoms with Gasteiger partial charge in [-0.1, -0.05) is 36.7 Å². The Balaban J connectivity index is 2.54. The van der Waals surface area contributed by atoms with E-state index in [1.165, 1.54) is 23.5 Å². The van der Waals surface area contributed by atoms with Crippen LogP contribution < -0.4 is 5.32 Å². The van der Waals surface area contributed by atoms with E-state index in [9.17, 15) is 13.2 Å². The van der Waals surface area contributed by atoms with Crippen LogP contribution >= 0.6 is 22.9 Å². The number of benzene rings is 1. The van der Waals surface area contributed by atoms with Gasteiger partial charge in [-0.3, -0.25) is 0 Å². The third-order valence-corrected chi connectivity index (χ3v) is 4.32. The lowest BCUT2D eigenvalue weighted by Gasteiger charge is -2.22. The number of halogens is 4. The number of hydrogen-bond donors (Lipinski definition) is 1. The van der Waals surface area contributed by atoms with Crippen molar-refractivity contribution in [2.24, 2.45) is 0 Å².